The zero-order chi connectivity index (χ0) is 16.1. The first-order valence-corrected chi connectivity index (χ1v) is 7.19. The second-order valence-electron chi connectivity index (χ2n) is 4.95. The maximum atomic E-state index is 12.1. The number of benzene rings is 2. The maximum absolute atomic E-state index is 12.1. The summed E-state index contributed by atoms with van der Waals surface area (Å²) in [5.74, 6) is 1.23. The Labute approximate surface area is 134 Å². The van der Waals surface area contributed by atoms with Crippen LogP contribution in [0.1, 0.15) is 15.9 Å². The van der Waals surface area contributed by atoms with Gasteiger partial charge in [0, 0.05) is 12.3 Å². The molecule has 4 heteroatoms. The van der Waals surface area contributed by atoms with Crippen molar-refractivity contribution < 1.29 is 14.3 Å². The highest BCUT2D eigenvalue weighted by molar-refractivity contribution is 5.92. The van der Waals surface area contributed by atoms with Crippen molar-refractivity contribution in [1.82, 2.24) is 4.98 Å². The quantitative estimate of drug-likeness (QED) is 0.529. The number of aryl methyl sites for hydroxylation is 1. The van der Waals surface area contributed by atoms with Crippen LogP contribution in [0.5, 0.6) is 17.4 Å². The van der Waals surface area contributed by atoms with Gasteiger partial charge in [-0.25, -0.2) is 9.78 Å². The molecular formula is C19H15NO3. The van der Waals surface area contributed by atoms with E-state index in [2.05, 4.69) is 4.98 Å². The zero-order valence-electron chi connectivity index (χ0n) is 12.6. The lowest BCUT2D eigenvalue weighted by atomic mass is 10.1. The fourth-order valence-electron chi connectivity index (χ4n) is 2.07. The molecule has 0 aliphatic rings. The van der Waals surface area contributed by atoms with Gasteiger partial charge in [0.15, 0.2) is 0 Å². The van der Waals surface area contributed by atoms with Crippen molar-refractivity contribution in [3.8, 4) is 17.4 Å². The summed E-state index contributed by atoms with van der Waals surface area (Å²) >= 11 is 0. The molecule has 0 atom stereocenters. The number of aromatic nitrogens is 1. The summed E-state index contributed by atoms with van der Waals surface area (Å²) in [5.41, 5.74) is 1.44. The molecule has 0 spiro atoms. The minimum absolute atomic E-state index is 0.374. The number of ether oxygens (including phenoxy) is 2. The predicted molar refractivity (Wildman–Crippen MR) is 86.9 cm³/mol. The summed E-state index contributed by atoms with van der Waals surface area (Å²) in [4.78, 5) is 16.2. The molecule has 3 rings (SSSR count). The molecule has 0 saturated heterocycles. The molecule has 0 unspecified atom stereocenters. The molecule has 0 saturated carbocycles. The molecule has 1 heterocycles. The minimum Gasteiger partial charge on any atom is -0.439 e. The van der Waals surface area contributed by atoms with Gasteiger partial charge in [0.2, 0.25) is 5.88 Å². The molecule has 0 bridgehead atoms. The molecule has 0 aliphatic carbocycles. The van der Waals surface area contributed by atoms with Crippen LogP contribution in [0.15, 0.2) is 72.9 Å². The molecule has 0 aliphatic heterocycles. The Bertz CT molecular complexity index is 798. The molecule has 4 nitrogen and oxygen atoms in total. The van der Waals surface area contributed by atoms with Gasteiger partial charge >= 0.3 is 5.97 Å². The number of nitrogens with zero attached hydrogens (tertiary/aromatic N) is 1. The third-order valence-corrected chi connectivity index (χ3v) is 3.26. The van der Waals surface area contributed by atoms with Crippen molar-refractivity contribution in [3.05, 3.63) is 84.1 Å². The maximum Gasteiger partial charge on any atom is 0.343 e. The van der Waals surface area contributed by atoms with E-state index < -0.39 is 0 Å². The van der Waals surface area contributed by atoms with E-state index in [0.29, 0.717) is 22.9 Å². The molecule has 2 aromatic carbocycles. The fourth-order valence-corrected chi connectivity index (χ4v) is 2.07. The highest BCUT2D eigenvalue weighted by atomic mass is 16.5. The molecule has 0 amide bonds. The molecule has 3 aromatic rings. The van der Waals surface area contributed by atoms with Gasteiger partial charge in [0.1, 0.15) is 11.5 Å². The Kier molecular flexibility index (Phi) is 4.34. The van der Waals surface area contributed by atoms with E-state index in [1.165, 1.54) is 0 Å². The first-order valence-electron chi connectivity index (χ1n) is 7.19. The Hall–Kier alpha value is -3.14. The molecule has 23 heavy (non-hydrogen) atoms. The van der Waals surface area contributed by atoms with Gasteiger partial charge in [-0.15, -0.1) is 0 Å². The smallest absolute Gasteiger partial charge is 0.343 e. The zero-order valence-corrected chi connectivity index (χ0v) is 12.6. The van der Waals surface area contributed by atoms with Gasteiger partial charge < -0.3 is 9.47 Å². The van der Waals surface area contributed by atoms with E-state index >= 15 is 0 Å². The number of pyridine rings is 1. The average molecular weight is 305 g/mol. The Morgan fingerprint density at radius 1 is 0.870 bits per heavy atom. The van der Waals surface area contributed by atoms with Crippen molar-refractivity contribution >= 4 is 5.97 Å². The van der Waals surface area contributed by atoms with Crippen LogP contribution in [0.4, 0.5) is 0 Å². The minimum atomic E-state index is -0.374. The van der Waals surface area contributed by atoms with Crippen LogP contribution in [-0.2, 0) is 0 Å². The lowest BCUT2D eigenvalue weighted by Gasteiger charge is -2.08. The second-order valence-corrected chi connectivity index (χ2v) is 4.95. The SMILES string of the molecule is Cc1ccccc1C(=O)Oc1ccc(Oc2ccccn2)cc1. The van der Waals surface area contributed by atoms with Crippen LogP contribution in [0, 0.1) is 6.92 Å². The van der Waals surface area contributed by atoms with Gasteiger partial charge in [-0.1, -0.05) is 24.3 Å². The summed E-state index contributed by atoms with van der Waals surface area (Å²) < 4.78 is 11.0. The van der Waals surface area contributed by atoms with E-state index in [1.807, 2.05) is 37.3 Å². The van der Waals surface area contributed by atoms with Crippen LogP contribution in [0.2, 0.25) is 0 Å². The molecule has 0 N–H and O–H groups in total. The number of carbonyl (C=O) groups excluding carboxylic acids is 1. The van der Waals surface area contributed by atoms with Crippen LogP contribution in [0.3, 0.4) is 0 Å². The third kappa shape index (κ3) is 3.74. The van der Waals surface area contributed by atoms with Crippen LogP contribution < -0.4 is 9.47 Å². The summed E-state index contributed by atoms with van der Waals surface area (Å²) in [6.45, 7) is 1.88. The molecule has 1 aromatic heterocycles. The van der Waals surface area contributed by atoms with Crippen LogP contribution >= 0.6 is 0 Å². The topological polar surface area (TPSA) is 48.4 Å². The summed E-state index contributed by atoms with van der Waals surface area (Å²) in [5, 5.41) is 0. The predicted octanol–water partition coefficient (Wildman–Crippen LogP) is 4.40. The third-order valence-electron chi connectivity index (χ3n) is 3.26. The van der Waals surface area contributed by atoms with Crippen molar-refractivity contribution in [1.29, 1.82) is 0 Å². The van der Waals surface area contributed by atoms with Gasteiger partial charge in [0.05, 0.1) is 5.56 Å². The van der Waals surface area contributed by atoms with E-state index in [-0.39, 0.29) is 5.97 Å². The van der Waals surface area contributed by atoms with E-state index in [9.17, 15) is 4.79 Å². The molecular weight excluding hydrogens is 290 g/mol. The second kappa shape index (κ2) is 6.75. The van der Waals surface area contributed by atoms with Gasteiger partial charge in [-0.2, -0.15) is 0 Å². The van der Waals surface area contributed by atoms with Gasteiger partial charge in [-0.05, 0) is 48.9 Å². The number of hydrogen-bond acceptors (Lipinski definition) is 4. The van der Waals surface area contributed by atoms with E-state index in [0.717, 1.165) is 5.56 Å². The van der Waals surface area contributed by atoms with Crippen LogP contribution in [-0.4, -0.2) is 11.0 Å². The Morgan fingerprint density at radius 2 is 1.57 bits per heavy atom. The summed E-state index contributed by atoms with van der Waals surface area (Å²) in [7, 11) is 0. The van der Waals surface area contributed by atoms with Crippen LogP contribution in [0.25, 0.3) is 0 Å². The first-order chi connectivity index (χ1) is 11.2. The Morgan fingerprint density at radius 3 is 2.26 bits per heavy atom. The summed E-state index contributed by atoms with van der Waals surface area (Å²) in [6.07, 6.45) is 1.66. The van der Waals surface area contributed by atoms with Crippen molar-refractivity contribution in [2.75, 3.05) is 0 Å². The van der Waals surface area contributed by atoms with E-state index in [4.69, 9.17) is 9.47 Å². The normalized spacial score (nSPS) is 10.1. The van der Waals surface area contributed by atoms with Gasteiger partial charge in [0.25, 0.3) is 0 Å². The van der Waals surface area contributed by atoms with Crippen molar-refractivity contribution in [2.45, 2.75) is 6.92 Å². The monoisotopic (exact) mass is 305 g/mol. The number of esters is 1. The lowest BCUT2D eigenvalue weighted by molar-refractivity contribution is 0.0734. The van der Waals surface area contributed by atoms with E-state index in [1.54, 1.807) is 42.6 Å². The lowest BCUT2D eigenvalue weighted by Crippen LogP contribution is -2.09. The highest BCUT2D eigenvalue weighted by Gasteiger charge is 2.11. The summed E-state index contributed by atoms with van der Waals surface area (Å²) in [6, 6.07) is 19.6. The van der Waals surface area contributed by atoms with Gasteiger partial charge in [-0.3, -0.25) is 0 Å². The largest absolute Gasteiger partial charge is 0.439 e. The molecule has 114 valence electrons. The first kappa shape index (κ1) is 14.8. The Balaban J connectivity index is 1.68. The number of carbonyl (C=O) groups is 1. The molecule has 0 radical (unpaired) electrons. The highest BCUT2D eigenvalue weighted by Crippen LogP contribution is 2.23. The molecule has 0 fully saturated rings. The fraction of sp³-hybridized carbons (Fsp3) is 0.0526. The average Bonchev–Trinajstić information content (AvgIpc) is 2.58. The van der Waals surface area contributed by atoms with Crippen molar-refractivity contribution in [3.63, 3.8) is 0 Å². The number of hydrogen-bond donors (Lipinski definition) is 0. The standard InChI is InChI=1S/C19H15NO3/c1-14-6-2-3-7-17(14)19(21)23-16-11-9-15(10-12-16)22-18-8-4-5-13-20-18/h2-13H,1H3. The van der Waals surface area contributed by atoms with Crippen molar-refractivity contribution in [2.24, 2.45) is 0 Å². The number of rotatable bonds is 4.